The van der Waals surface area contributed by atoms with Crippen LogP contribution in [0, 0.1) is 0 Å². The number of rotatable bonds is 8. The van der Waals surface area contributed by atoms with Gasteiger partial charge in [0, 0.05) is 18.2 Å². The summed E-state index contributed by atoms with van der Waals surface area (Å²) >= 11 is 0. The molecule has 0 amide bonds. The largest absolute Gasteiger partial charge is 0.380 e. The van der Waals surface area contributed by atoms with Crippen LogP contribution in [0.25, 0.3) is 0 Å². The third-order valence-corrected chi connectivity index (χ3v) is 4.35. The number of ether oxygens (including phenoxy) is 1. The van der Waals surface area contributed by atoms with E-state index in [1.54, 1.807) is 0 Å². The van der Waals surface area contributed by atoms with E-state index in [1.807, 2.05) is 0 Å². The molecule has 1 atom stereocenters. The summed E-state index contributed by atoms with van der Waals surface area (Å²) in [5.41, 5.74) is 0.327. The first-order valence-electron chi connectivity index (χ1n) is 7.25. The van der Waals surface area contributed by atoms with Crippen LogP contribution in [-0.4, -0.2) is 49.8 Å². The highest BCUT2D eigenvalue weighted by Crippen LogP contribution is 2.38. The second kappa shape index (κ2) is 7.34. The van der Waals surface area contributed by atoms with Gasteiger partial charge in [0.25, 0.3) is 0 Å². The maximum atomic E-state index is 5.67. The highest BCUT2D eigenvalue weighted by molar-refractivity contribution is 5.03. The summed E-state index contributed by atoms with van der Waals surface area (Å²) in [7, 11) is 2.08. The fourth-order valence-electron chi connectivity index (χ4n) is 3.47. The van der Waals surface area contributed by atoms with E-state index in [0.29, 0.717) is 11.6 Å². The maximum Gasteiger partial charge on any atom is 0.0637 e. The molecule has 0 saturated heterocycles. The Labute approximate surface area is 107 Å². The molecule has 0 aromatic heterocycles. The van der Waals surface area contributed by atoms with Crippen LogP contribution in [0.5, 0.6) is 0 Å². The standard InChI is InChI=1S/C14H30N2O/c1-5-16(6-2)14(10-8-9-11-14)13(15-4)12-17-7-3/h13,15H,5-12H2,1-4H3. The normalized spacial score (nSPS) is 21.0. The first-order chi connectivity index (χ1) is 8.25. The van der Waals surface area contributed by atoms with Gasteiger partial charge in [-0.3, -0.25) is 4.90 Å². The highest BCUT2D eigenvalue weighted by Gasteiger charge is 2.44. The molecule has 3 nitrogen and oxygen atoms in total. The lowest BCUT2D eigenvalue weighted by molar-refractivity contribution is 0.0184. The van der Waals surface area contributed by atoms with Gasteiger partial charge in [-0.1, -0.05) is 26.7 Å². The minimum Gasteiger partial charge on any atom is -0.380 e. The summed E-state index contributed by atoms with van der Waals surface area (Å²) in [5.74, 6) is 0. The average molecular weight is 242 g/mol. The molecular formula is C14H30N2O. The molecule has 1 aliphatic rings. The summed E-state index contributed by atoms with van der Waals surface area (Å²) in [5, 5.41) is 3.50. The van der Waals surface area contributed by atoms with Crippen LogP contribution >= 0.6 is 0 Å². The molecule has 3 heteroatoms. The van der Waals surface area contributed by atoms with Crippen molar-refractivity contribution in [2.75, 3.05) is 33.4 Å². The number of nitrogens with zero attached hydrogens (tertiary/aromatic N) is 1. The van der Waals surface area contributed by atoms with Gasteiger partial charge in [-0.05, 0) is 39.9 Å². The molecule has 17 heavy (non-hydrogen) atoms. The van der Waals surface area contributed by atoms with Gasteiger partial charge in [0.2, 0.25) is 0 Å². The summed E-state index contributed by atoms with van der Waals surface area (Å²) in [6.07, 6.45) is 5.35. The predicted octanol–water partition coefficient (Wildman–Crippen LogP) is 2.27. The maximum absolute atomic E-state index is 5.67. The van der Waals surface area contributed by atoms with Gasteiger partial charge in [-0.25, -0.2) is 0 Å². The Hall–Kier alpha value is -0.120. The summed E-state index contributed by atoms with van der Waals surface area (Å²) < 4.78 is 5.67. The zero-order valence-corrected chi connectivity index (χ0v) is 12.1. The minimum absolute atomic E-state index is 0.327. The van der Waals surface area contributed by atoms with Crippen LogP contribution in [-0.2, 0) is 4.74 Å². The summed E-state index contributed by atoms with van der Waals surface area (Å²) in [6.45, 7) is 10.6. The van der Waals surface area contributed by atoms with Crippen molar-refractivity contribution in [3.63, 3.8) is 0 Å². The molecule has 1 fully saturated rings. The fraction of sp³-hybridized carbons (Fsp3) is 1.00. The second-order valence-corrected chi connectivity index (χ2v) is 4.98. The lowest BCUT2D eigenvalue weighted by atomic mass is 9.86. The van der Waals surface area contributed by atoms with E-state index >= 15 is 0 Å². The lowest BCUT2D eigenvalue weighted by Crippen LogP contribution is -2.60. The Morgan fingerprint density at radius 3 is 2.18 bits per heavy atom. The number of nitrogens with one attached hydrogen (secondary N) is 1. The van der Waals surface area contributed by atoms with Crippen LogP contribution in [0.2, 0.25) is 0 Å². The third kappa shape index (κ3) is 3.21. The van der Waals surface area contributed by atoms with Crippen molar-refractivity contribution in [2.45, 2.75) is 58.0 Å². The Balaban J connectivity index is 2.80. The minimum atomic E-state index is 0.327. The first kappa shape index (κ1) is 14.9. The average Bonchev–Trinajstić information content (AvgIpc) is 2.82. The molecule has 1 rings (SSSR count). The molecule has 0 aromatic carbocycles. The van der Waals surface area contributed by atoms with E-state index in [1.165, 1.54) is 25.7 Å². The Kier molecular flexibility index (Phi) is 6.45. The SMILES string of the molecule is CCOCC(NC)C1(N(CC)CC)CCCC1. The smallest absolute Gasteiger partial charge is 0.0637 e. The van der Waals surface area contributed by atoms with Crippen molar-refractivity contribution in [2.24, 2.45) is 0 Å². The van der Waals surface area contributed by atoms with Gasteiger partial charge in [0.05, 0.1) is 6.61 Å². The van der Waals surface area contributed by atoms with Gasteiger partial charge in [-0.15, -0.1) is 0 Å². The quantitative estimate of drug-likeness (QED) is 0.706. The number of likely N-dealkylation sites (N-methyl/N-ethyl adjacent to an activating group) is 2. The molecule has 1 aliphatic carbocycles. The topological polar surface area (TPSA) is 24.5 Å². The van der Waals surface area contributed by atoms with Crippen LogP contribution in [0.4, 0.5) is 0 Å². The second-order valence-electron chi connectivity index (χ2n) is 4.98. The van der Waals surface area contributed by atoms with Gasteiger partial charge >= 0.3 is 0 Å². The van der Waals surface area contributed by atoms with Gasteiger partial charge < -0.3 is 10.1 Å². The van der Waals surface area contributed by atoms with Crippen LogP contribution in [0.3, 0.4) is 0 Å². The van der Waals surface area contributed by atoms with Crippen molar-refractivity contribution >= 4 is 0 Å². The van der Waals surface area contributed by atoms with E-state index in [4.69, 9.17) is 4.74 Å². The zero-order chi connectivity index (χ0) is 12.7. The molecule has 0 heterocycles. The van der Waals surface area contributed by atoms with E-state index in [-0.39, 0.29) is 0 Å². The summed E-state index contributed by atoms with van der Waals surface area (Å²) in [4.78, 5) is 2.64. The molecule has 0 aliphatic heterocycles. The molecule has 0 radical (unpaired) electrons. The van der Waals surface area contributed by atoms with E-state index in [2.05, 4.69) is 38.0 Å². The third-order valence-electron chi connectivity index (χ3n) is 4.35. The molecule has 0 bridgehead atoms. The number of hydrogen-bond donors (Lipinski definition) is 1. The summed E-state index contributed by atoms with van der Waals surface area (Å²) in [6, 6.07) is 0.463. The zero-order valence-electron chi connectivity index (χ0n) is 12.1. The van der Waals surface area contributed by atoms with Crippen LogP contribution in [0.15, 0.2) is 0 Å². The molecule has 0 spiro atoms. The first-order valence-corrected chi connectivity index (χ1v) is 7.25. The molecule has 102 valence electrons. The van der Waals surface area contributed by atoms with Crippen molar-refractivity contribution in [1.82, 2.24) is 10.2 Å². The molecule has 1 saturated carbocycles. The van der Waals surface area contributed by atoms with Gasteiger partial charge in [-0.2, -0.15) is 0 Å². The Bertz CT molecular complexity index is 198. The van der Waals surface area contributed by atoms with E-state index in [9.17, 15) is 0 Å². The van der Waals surface area contributed by atoms with E-state index < -0.39 is 0 Å². The van der Waals surface area contributed by atoms with Crippen LogP contribution in [0.1, 0.15) is 46.5 Å². The molecular weight excluding hydrogens is 212 g/mol. The predicted molar refractivity (Wildman–Crippen MR) is 73.5 cm³/mol. The lowest BCUT2D eigenvalue weighted by Gasteiger charge is -2.46. The monoisotopic (exact) mass is 242 g/mol. The van der Waals surface area contributed by atoms with Crippen molar-refractivity contribution in [3.05, 3.63) is 0 Å². The highest BCUT2D eigenvalue weighted by atomic mass is 16.5. The Morgan fingerprint density at radius 2 is 1.76 bits per heavy atom. The molecule has 1 N–H and O–H groups in total. The van der Waals surface area contributed by atoms with Crippen LogP contribution < -0.4 is 5.32 Å². The fourth-order valence-corrected chi connectivity index (χ4v) is 3.47. The van der Waals surface area contributed by atoms with Gasteiger partial charge in [0.15, 0.2) is 0 Å². The van der Waals surface area contributed by atoms with E-state index in [0.717, 1.165) is 26.3 Å². The van der Waals surface area contributed by atoms with Gasteiger partial charge in [0.1, 0.15) is 0 Å². The van der Waals surface area contributed by atoms with Crippen molar-refractivity contribution in [1.29, 1.82) is 0 Å². The molecule has 0 aromatic rings. The number of hydrogen-bond acceptors (Lipinski definition) is 3. The van der Waals surface area contributed by atoms with Crippen molar-refractivity contribution in [3.8, 4) is 0 Å². The Morgan fingerprint density at radius 1 is 1.18 bits per heavy atom. The molecule has 1 unspecified atom stereocenters. The van der Waals surface area contributed by atoms with Crippen molar-refractivity contribution < 1.29 is 4.74 Å².